The number of nitrogens with one attached hydrogen (secondary N) is 1. The third-order valence-corrected chi connectivity index (χ3v) is 2.93. The maximum absolute atomic E-state index is 7.20. The maximum atomic E-state index is 7.20. The number of nitrogens with zero attached hydrogens (tertiary/aromatic N) is 1. The molecule has 4 heteroatoms. The first-order chi connectivity index (χ1) is 7.11. The Labute approximate surface area is 92.3 Å². The molecule has 4 nitrogen and oxygen atoms in total. The van der Waals surface area contributed by atoms with Crippen LogP contribution in [0.1, 0.15) is 33.1 Å². The van der Waals surface area contributed by atoms with Gasteiger partial charge in [-0.2, -0.15) is 0 Å². The second kappa shape index (κ2) is 6.08. The Balaban J connectivity index is 2.23. The summed E-state index contributed by atoms with van der Waals surface area (Å²) in [5.41, 5.74) is 5.35. The van der Waals surface area contributed by atoms with Gasteiger partial charge < -0.3 is 15.4 Å². The first-order valence-corrected chi connectivity index (χ1v) is 5.82. The van der Waals surface area contributed by atoms with Gasteiger partial charge in [0, 0.05) is 19.5 Å². The summed E-state index contributed by atoms with van der Waals surface area (Å²) in [5.74, 6) is 0.272. The molecular formula is C11H23N3O. The van der Waals surface area contributed by atoms with Gasteiger partial charge in [-0.15, -0.1) is 0 Å². The van der Waals surface area contributed by atoms with Crippen LogP contribution in [-0.4, -0.2) is 42.6 Å². The van der Waals surface area contributed by atoms with Crippen molar-refractivity contribution >= 4 is 5.84 Å². The quantitative estimate of drug-likeness (QED) is 0.515. The minimum atomic E-state index is 0.272. The van der Waals surface area contributed by atoms with Crippen LogP contribution in [0.4, 0.5) is 0 Å². The molecule has 1 aliphatic rings. The number of hydrogen-bond donors (Lipinski definition) is 2. The zero-order chi connectivity index (χ0) is 11.3. The van der Waals surface area contributed by atoms with E-state index in [2.05, 4.69) is 18.7 Å². The van der Waals surface area contributed by atoms with Gasteiger partial charge in [0.05, 0.1) is 18.0 Å². The third-order valence-electron chi connectivity index (χ3n) is 2.93. The summed E-state index contributed by atoms with van der Waals surface area (Å²) in [6.45, 7) is 7.13. The minimum absolute atomic E-state index is 0.272. The van der Waals surface area contributed by atoms with Crippen molar-refractivity contribution in [1.82, 2.24) is 4.90 Å². The summed E-state index contributed by atoms with van der Waals surface area (Å²) in [7, 11) is 0. The number of hydrogen-bond acceptors (Lipinski definition) is 3. The first-order valence-electron chi connectivity index (χ1n) is 5.82. The maximum Gasteiger partial charge on any atom is 0.0918 e. The lowest BCUT2D eigenvalue weighted by molar-refractivity contribution is 0.0329. The van der Waals surface area contributed by atoms with Crippen LogP contribution in [0, 0.1) is 5.41 Å². The van der Waals surface area contributed by atoms with Gasteiger partial charge in [-0.1, -0.05) is 6.92 Å². The Morgan fingerprint density at radius 2 is 2.27 bits per heavy atom. The molecule has 0 radical (unpaired) electrons. The predicted molar refractivity (Wildman–Crippen MR) is 62.2 cm³/mol. The number of ether oxygens (including phenoxy) is 1. The molecule has 2 atom stereocenters. The summed E-state index contributed by atoms with van der Waals surface area (Å²) in [5, 5.41) is 7.20. The van der Waals surface area contributed by atoms with Gasteiger partial charge in [-0.05, 0) is 26.3 Å². The minimum Gasteiger partial charge on any atom is -0.388 e. The molecule has 1 aliphatic heterocycles. The summed E-state index contributed by atoms with van der Waals surface area (Å²) in [6, 6.07) is 0. The van der Waals surface area contributed by atoms with Crippen molar-refractivity contribution in [3.8, 4) is 0 Å². The van der Waals surface area contributed by atoms with Gasteiger partial charge in [0.25, 0.3) is 0 Å². The highest BCUT2D eigenvalue weighted by Crippen LogP contribution is 2.19. The second-order valence-corrected chi connectivity index (χ2v) is 4.31. The second-order valence-electron chi connectivity index (χ2n) is 4.31. The van der Waals surface area contributed by atoms with Crippen LogP contribution in [0.5, 0.6) is 0 Å². The fourth-order valence-corrected chi connectivity index (χ4v) is 1.96. The van der Waals surface area contributed by atoms with Gasteiger partial charge in [0.1, 0.15) is 0 Å². The van der Waals surface area contributed by atoms with Crippen molar-refractivity contribution < 1.29 is 4.74 Å². The molecular weight excluding hydrogens is 190 g/mol. The Kier molecular flexibility index (Phi) is 5.05. The van der Waals surface area contributed by atoms with E-state index < -0.39 is 0 Å². The van der Waals surface area contributed by atoms with E-state index in [9.17, 15) is 0 Å². The van der Waals surface area contributed by atoms with E-state index >= 15 is 0 Å². The van der Waals surface area contributed by atoms with Crippen molar-refractivity contribution in [2.24, 2.45) is 5.73 Å². The van der Waals surface area contributed by atoms with E-state index in [0.29, 0.717) is 18.6 Å². The average Bonchev–Trinajstić information content (AvgIpc) is 2.58. The predicted octanol–water partition coefficient (Wildman–Crippen LogP) is 1.20. The molecule has 1 rings (SSSR count). The largest absolute Gasteiger partial charge is 0.388 e. The Hall–Kier alpha value is -0.610. The molecule has 0 aliphatic carbocycles. The summed E-state index contributed by atoms with van der Waals surface area (Å²) in [4.78, 5) is 2.31. The van der Waals surface area contributed by atoms with Gasteiger partial charge in [0.15, 0.2) is 0 Å². The summed E-state index contributed by atoms with van der Waals surface area (Å²) in [6.07, 6.45) is 3.80. The molecule has 0 spiro atoms. The highest BCUT2D eigenvalue weighted by atomic mass is 16.5. The molecule has 3 N–H and O–H groups in total. The van der Waals surface area contributed by atoms with E-state index in [1.807, 2.05) is 0 Å². The average molecular weight is 213 g/mol. The van der Waals surface area contributed by atoms with E-state index in [1.54, 1.807) is 0 Å². The zero-order valence-corrected chi connectivity index (χ0v) is 9.83. The standard InChI is InChI=1S/C11H23N3O/c1-3-14(7-6-11(12)13)8-10-5-4-9(2)15-10/h9-10H,3-8H2,1-2H3,(H3,12,13). The molecule has 0 aromatic carbocycles. The molecule has 0 bridgehead atoms. The first kappa shape index (κ1) is 12.5. The molecule has 88 valence electrons. The number of likely N-dealkylation sites (N-methyl/N-ethyl adjacent to an activating group) is 1. The fourth-order valence-electron chi connectivity index (χ4n) is 1.96. The number of amidine groups is 1. The molecule has 1 saturated heterocycles. The van der Waals surface area contributed by atoms with E-state index in [4.69, 9.17) is 15.9 Å². The number of nitrogens with two attached hydrogens (primary N) is 1. The summed E-state index contributed by atoms with van der Waals surface area (Å²) < 4.78 is 5.77. The van der Waals surface area contributed by atoms with E-state index in [-0.39, 0.29) is 5.84 Å². The van der Waals surface area contributed by atoms with Gasteiger partial charge in [0.2, 0.25) is 0 Å². The molecule has 0 amide bonds. The molecule has 15 heavy (non-hydrogen) atoms. The van der Waals surface area contributed by atoms with Crippen LogP contribution >= 0.6 is 0 Å². The van der Waals surface area contributed by atoms with Crippen molar-refractivity contribution in [3.63, 3.8) is 0 Å². The monoisotopic (exact) mass is 213 g/mol. The highest BCUT2D eigenvalue weighted by molar-refractivity contribution is 5.76. The fraction of sp³-hybridized carbons (Fsp3) is 0.909. The molecule has 0 aromatic rings. The van der Waals surface area contributed by atoms with Crippen LogP contribution in [0.25, 0.3) is 0 Å². The van der Waals surface area contributed by atoms with Crippen molar-refractivity contribution in [1.29, 1.82) is 5.41 Å². The SMILES string of the molecule is CCN(CCC(=N)N)CC1CCC(C)O1. The smallest absolute Gasteiger partial charge is 0.0918 e. The third kappa shape index (κ3) is 4.62. The van der Waals surface area contributed by atoms with Crippen LogP contribution in [0.15, 0.2) is 0 Å². The van der Waals surface area contributed by atoms with Gasteiger partial charge in [-0.25, -0.2) is 0 Å². The van der Waals surface area contributed by atoms with Crippen molar-refractivity contribution in [2.75, 3.05) is 19.6 Å². The normalized spacial score (nSPS) is 26.1. The number of rotatable bonds is 6. The van der Waals surface area contributed by atoms with Crippen LogP contribution in [0.2, 0.25) is 0 Å². The van der Waals surface area contributed by atoms with Crippen molar-refractivity contribution in [2.45, 2.75) is 45.3 Å². The van der Waals surface area contributed by atoms with Gasteiger partial charge in [-0.3, -0.25) is 5.41 Å². The topological polar surface area (TPSA) is 62.3 Å². The summed E-state index contributed by atoms with van der Waals surface area (Å²) >= 11 is 0. The molecule has 1 fully saturated rings. The van der Waals surface area contributed by atoms with E-state index in [1.165, 1.54) is 6.42 Å². The lowest BCUT2D eigenvalue weighted by atomic mass is 10.2. The molecule has 2 unspecified atom stereocenters. The lowest BCUT2D eigenvalue weighted by Gasteiger charge is -2.23. The van der Waals surface area contributed by atoms with Crippen molar-refractivity contribution in [3.05, 3.63) is 0 Å². The zero-order valence-electron chi connectivity index (χ0n) is 9.83. The Bertz CT molecular complexity index is 208. The van der Waals surface area contributed by atoms with Gasteiger partial charge >= 0.3 is 0 Å². The Morgan fingerprint density at radius 1 is 1.53 bits per heavy atom. The highest BCUT2D eigenvalue weighted by Gasteiger charge is 2.23. The molecule has 1 heterocycles. The van der Waals surface area contributed by atoms with Crippen LogP contribution in [-0.2, 0) is 4.74 Å². The Morgan fingerprint density at radius 3 is 2.73 bits per heavy atom. The van der Waals surface area contributed by atoms with Crippen LogP contribution < -0.4 is 5.73 Å². The van der Waals surface area contributed by atoms with Crippen LogP contribution in [0.3, 0.4) is 0 Å². The molecule has 0 saturated carbocycles. The lowest BCUT2D eigenvalue weighted by Crippen LogP contribution is -2.34. The molecule has 0 aromatic heterocycles. The van der Waals surface area contributed by atoms with E-state index in [0.717, 1.165) is 26.1 Å².